The number of thiophene rings is 1. The molecule has 10 aromatic rings. The maximum atomic E-state index is 6.27. The van der Waals surface area contributed by atoms with Crippen molar-refractivity contribution in [3.05, 3.63) is 176 Å². The zero-order chi connectivity index (χ0) is 37.0. The van der Waals surface area contributed by atoms with Crippen LogP contribution in [0.1, 0.15) is 18.0 Å². The van der Waals surface area contributed by atoms with E-state index in [9.17, 15) is 0 Å². The van der Waals surface area contributed by atoms with E-state index in [4.69, 9.17) is 29.3 Å². The highest BCUT2D eigenvalue weighted by Gasteiger charge is 2.21. The van der Waals surface area contributed by atoms with Gasteiger partial charge in [0.05, 0.1) is 11.4 Å². The first-order valence-electron chi connectivity index (χ1n) is 18.7. The van der Waals surface area contributed by atoms with Gasteiger partial charge in [-0.1, -0.05) is 133 Å². The number of benzene rings is 6. The zero-order valence-electron chi connectivity index (χ0n) is 30.0. The number of hydrogen-bond donors (Lipinski definition) is 0. The number of allylic oxidation sites excluding steroid dienone is 4. The summed E-state index contributed by atoms with van der Waals surface area (Å²) in [6.45, 7) is 0. The minimum atomic E-state index is 0.179. The number of rotatable bonds is 6. The Morgan fingerprint density at radius 1 is 0.500 bits per heavy atom. The summed E-state index contributed by atoms with van der Waals surface area (Å²) >= 11 is 1.75. The molecule has 264 valence electrons. The van der Waals surface area contributed by atoms with Crippen LogP contribution in [0.25, 0.3) is 98.9 Å². The average Bonchev–Trinajstić information content (AvgIpc) is 3.85. The molecule has 4 heterocycles. The van der Waals surface area contributed by atoms with Crippen LogP contribution in [0, 0.1) is 0 Å². The van der Waals surface area contributed by atoms with Crippen molar-refractivity contribution in [3.63, 3.8) is 0 Å². The lowest BCUT2D eigenvalue weighted by Crippen LogP contribution is -2.04. The Labute approximate surface area is 326 Å². The first-order valence-corrected chi connectivity index (χ1v) is 19.5. The summed E-state index contributed by atoms with van der Waals surface area (Å²) in [6.07, 6.45) is 9.55. The minimum Gasteiger partial charge on any atom is -0.456 e. The summed E-state index contributed by atoms with van der Waals surface area (Å²) in [4.78, 5) is 25.7. The second-order valence-corrected chi connectivity index (χ2v) is 15.0. The maximum absolute atomic E-state index is 6.27. The Bertz CT molecular complexity index is 3180. The Kier molecular flexibility index (Phi) is 7.70. The van der Waals surface area contributed by atoms with Crippen molar-refractivity contribution in [1.82, 2.24) is 24.9 Å². The van der Waals surface area contributed by atoms with Crippen molar-refractivity contribution < 1.29 is 4.42 Å². The maximum Gasteiger partial charge on any atom is 0.165 e. The van der Waals surface area contributed by atoms with Crippen LogP contribution in [-0.2, 0) is 0 Å². The highest BCUT2D eigenvalue weighted by molar-refractivity contribution is 7.26. The van der Waals surface area contributed by atoms with Crippen molar-refractivity contribution in [2.24, 2.45) is 0 Å². The van der Waals surface area contributed by atoms with Gasteiger partial charge in [-0.15, -0.1) is 11.3 Å². The first-order chi connectivity index (χ1) is 27.7. The molecule has 11 rings (SSSR count). The van der Waals surface area contributed by atoms with E-state index in [0.717, 1.165) is 88.9 Å². The van der Waals surface area contributed by atoms with E-state index in [0.29, 0.717) is 17.5 Å². The zero-order valence-corrected chi connectivity index (χ0v) is 30.8. The molecule has 1 aliphatic carbocycles. The highest BCUT2D eigenvalue weighted by atomic mass is 32.1. The van der Waals surface area contributed by atoms with Crippen LogP contribution < -0.4 is 0 Å². The predicted molar refractivity (Wildman–Crippen MR) is 228 cm³/mol. The summed E-state index contributed by atoms with van der Waals surface area (Å²) in [7, 11) is 0. The number of nitrogens with zero attached hydrogens (tertiary/aromatic N) is 5. The van der Waals surface area contributed by atoms with Gasteiger partial charge in [-0.3, -0.25) is 0 Å². The molecule has 6 aromatic carbocycles. The molecule has 4 aromatic heterocycles. The van der Waals surface area contributed by atoms with Gasteiger partial charge in [0.25, 0.3) is 0 Å². The van der Waals surface area contributed by atoms with Crippen molar-refractivity contribution in [2.45, 2.75) is 12.3 Å². The van der Waals surface area contributed by atoms with E-state index in [-0.39, 0.29) is 5.92 Å². The fourth-order valence-electron chi connectivity index (χ4n) is 7.75. The van der Waals surface area contributed by atoms with Gasteiger partial charge in [-0.2, -0.15) is 0 Å². The lowest BCUT2D eigenvalue weighted by Gasteiger charge is -2.16. The van der Waals surface area contributed by atoms with Crippen LogP contribution in [0.2, 0.25) is 0 Å². The van der Waals surface area contributed by atoms with E-state index in [1.807, 2.05) is 72.8 Å². The third kappa shape index (κ3) is 5.60. The summed E-state index contributed by atoms with van der Waals surface area (Å²) in [6, 6.07) is 49.8. The molecule has 1 atom stereocenters. The summed E-state index contributed by atoms with van der Waals surface area (Å²) in [5.41, 5.74) is 8.37. The molecular weight excluding hydrogens is 707 g/mol. The van der Waals surface area contributed by atoms with E-state index >= 15 is 0 Å². The van der Waals surface area contributed by atoms with Gasteiger partial charge in [0, 0.05) is 64.7 Å². The number of fused-ring (bicyclic) bond motifs is 6. The van der Waals surface area contributed by atoms with Crippen LogP contribution >= 0.6 is 11.3 Å². The lowest BCUT2D eigenvalue weighted by molar-refractivity contribution is 0.669. The number of aromatic nitrogens is 5. The molecule has 7 heteroatoms. The summed E-state index contributed by atoms with van der Waals surface area (Å²) in [5, 5.41) is 4.44. The topological polar surface area (TPSA) is 77.6 Å². The molecule has 0 fully saturated rings. The van der Waals surface area contributed by atoms with Gasteiger partial charge >= 0.3 is 0 Å². The average molecular weight is 738 g/mol. The lowest BCUT2D eigenvalue weighted by atomic mass is 9.94. The largest absolute Gasteiger partial charge is 0.456 e. The molecule has 0 bridgehead atoms. The molecule has 1 unspecified atom stereocenters. The van der Waals surface area contributed by atoms with E-state index in [2.05, 4.69) is 97.1 Å². The van der Waals surface area contributed by atoms with Gasteiger partial charge in [-0.25, -0.2) is 24.9 Å². The molecular formula is C49H31N5OS. The second-order valence-electron chi connectivity index (χ2n) is 14.0. The summed E-state index contributed by atoms with van der Waals surface area (Å²) in [5.74, 6) is 2.72. The molecule has 0 amide bonds. The van der Waals surface area contributed by atoms with Gasteiger partial charge in [-0.05, 0) is 42.8 Å². The highest BCUT2D eigenvalue weighted by Crippen LogP contribution is 2.44. The van der Waals surface area contributed by atoms with Gasteiger partial charge < -0.3 is 4.42 Å². The van der Waals surface area contributed by atoms with Gasteiger partial charge in [0.15, 0.2) is 23.3 Å². The summed E-state index contributed by atoms with van der Waals surface area (Å²) < 4.78 is 8.55. The fraction of sp³-hybridized carbons (Fsp3) is 0.0408. The number of furan rings is 1. The Morgan fingerprint density at radius 2 is 1.18 bits per heavy atom. The predicted octanol–water partition coefficient (Wildman–Crippen LogP) is 12.9. The molecule has 1 aliphatic rings. The van der Waals surface area contributed by atoms with E-state index < -0.39 is 0 Å². The van der Waals surface area contributed by atoms with Gasteiger partial charge in [0.1, 0.15) is 11.2 Å². The first kappa shape index (κ1) is 32.3. The molecule has 0 radical (unpaired) electrons. The van der Waals surface area contributed by atoms with Crippen LogP contribution in [0.15, 0.2) is 174 Å². The van der Waals surface area contributed by atoms with Gasteiger partial charge in [0.2, 0.25) is 0 Å². The smallest absolute Gasteiger partial charge is 0.165 e. The third-order valence-electron chi connectivity index (χ3n) is 10.5. The number of hydrogen-bond acceptors (Lipinski definition) is 7. The molecule has 0 aliphatic heterocycles. The number of para-hydroxylation sites is 1. The van der Waals surface area contributed by atoms with Crippen molar-refractivity contribution in [2.75, 3.05) is 0 Å². The molecule has 0 N–H and O–H groups in total. The van der Waals surface area contributed by atoms with Crippen LogP contribution in [0.3, 0.4) is 0 Å². The second kappa shape index (κ2) is 13.3. The SMILES string of the molecule is C1=CCC(c2cc(-c3cccc4sc5c(-c6nc(-c7ccccc7)nc(-c7ccc8c(c7)oc7ccccc78)n6)cccc5c34)nc(-c3ccccc3)n2)C=C1. The minimum absolute atomic E-state index is 0.179. The Hall–Kier alpha value is -7.09. The van der Waals surface area contributed by atoms with Crippen LogP contribution in [0.4, 0.5) is 0 Å². The van der Waals surface area contributed by atoms with Crippen molar-refractivity contribution in [3.8, 4) is 56.8 Å². The van der Waals surface area contributed by atoms with Crippen molar-refractivity contribution >= 4 is 53.4 Å². The third-order valence-corrected chi connectivity index (χ3v) is 11.7. The van der Waals surface area contributed by atoms with E-state index in [1.165, 1.54) is 4.70 Å². The Morgan fingerprint density at radius 3 is 1.98 bits per heavy atom. The molecule has 0 saturated carbocycles. The fourth-order valence-corrected chi connectivity index (χ4v) is 8.99. The monoisotopic (exact) mass is 737 g/mol. The Balaban J connectivity index is 1.10. The van der Waals surface area contributed by atoms with Crippen LogP contribution in [0.5, 0.6) is 0 Å². The van der Waals surface area contributed by atoms with Crippen molar-refractivity contribution in [1.29, 1.82) is 0 Å². The normalized spacial score (nSPS) is 14.0. The quantitative estimate of drug-likeness (QED) is 0.169. The molecule has 56 heavy (non-hydrogen) atoms. The molecule has 0 saturated heterocycles. The van der Waals surface area contributed by atoms with E-state index in [1.54, 1.807) is 11.3 Å². The molecule has 0 spiro atoms. The molecule has 6 nitrogen and oxygen atoms in total. The standard InChI is InChI=1S/C49H31N5OS/c1-4-14-30(15-5-1)39-29-40(51-46(50-39)31-16-6-2-7-17-31)36-21-13-25-43-44(36)37-22-12-23-38(45(37)56-43)49-53-47(32-18-8-3-9-19-32)52-48(54-49)33-26-27-35-34-20-10-11-24-41(34)55-42(35)28-33/h1-14,16-30H,15H2. The van der Waals surface area contributed by atoms with Crippen LogP contribution in [-0.4, -0.2) is 24.9 Å².